The monoisotopic (exact) mass is 344 g/mol. The van der Waals surface area contributed by atoms with Gasteiger partial charge in [0.05, 0.1) is 5.92 Å². The van der Waals surface area contributed by atoms with Gasteiger partial charge < -0.3 is 15.0 Å². The number of carbonyl (C=O) groups is 2. The van der Waals surface area contributed by atoms with E-state index in [0.29, 0.717) is 5.75 Å². The van der Waals surface area contributed by atoms with Crippen molar-refractivity contribution in [3.8, 4) is 5.75 Å². The van der Waals surface area contributed by atoms with Gasteiger partial charge in [-0.25, -0.2) is 0 Å². The summed E-state index contributed by atoms with van der Waals surface area (Å²) in [5, 5.41) is 3.06. The van der Waals surface area contributed by atoms with Crippen LogP contribution in [0.2, 0.25) is 0 Å². The second-order valence-electron chi connectivity index (χ2n) is 7.00. The zero-order valence-electron chi connectivity index (χ0n) is 14.8. The number of carbonyl (C=O) groups excluding carboxylic acids is 2. The molecule has 2 aliphatic rings. The number of para-hydroxylation sites is 1. The molecule has 0 unspecified atom stereocenters. The zero-order valence-corrected chi connectivity index (χ0v) is 14.8. The molecule has 0 radical (unpaired) electrons. The van der Waals surface area contributed by atoms with Gasteiger partial charge in [-0.15, -0.1) is 0 Å². The molecule has 5 nitrogen and oxygen atoms in total. The van der Waals surface area contributed by atoms with E-state index in [9.17, 15) is 9.59 Å². The van der Waals surface area contributed by atoms with Crippen molar-refractivity contribution < 1.29 is 14.3 Å². The summed E-state index contributed by atoms with van der Waals surface area (Å²) >= 11 is 0. The highest BCUT2D eigenvalue weighted by Gasteiger charge is 2.38. The molecule has 2 amide bonds. The number of hydrogen-bond donors (Lipinski definition) is 1. The van der Waals surface area contributed by atoms with E-state index >= 15 is 0 Å². The van der Waals surface area contributed by atoms with Crippen molar-refractivity contribution in [3.05, 3.63) is 30.3 Å². The maximum absolute atomic E-state index is 12.8. The highest BCUT2D eigenvalue weighted by molar-refractivity contribution is 5.82. The minimum atomic E-state index is -0.0706. The summed E-state index contributed by atoms with van der Waals surface area (Å²) in [5.41, 5.74) is 0. The van der Waals surface area contributed by atoms with Crippen molar-refractivity contribution in [2.24, 2.45) is 5.92 Å². The number of benzene rings is 1. The van der Waals surface area contributed by atoms with E-state index in [1.54, 1.807) is 0 Å². The molecule has 2 atom stereocenters. The van der Waals surface area contributed by atoms with Crippen molar-refractivity contribution in [1.82, 2.24) is 10.2 Å². The lowest BCUT2D eigenvalue weighted by molar-refractivity contribution is -0.138. The van der Waals surface area contributed by atoms with E-state index < -0.39 is 0 Å². The molecule has 0 bridgehead atoms. The fourth-order valence-electron chi connectivity index (χ4n) is 3.94. The third kappa shape index (κ3) is 4.74. The Labute approximate surface area is 149 Å². The summed E-state index contributed by atoms with van der Waals surface area (Å²) < 4.78 is 5.66. The fourth-order valence-corrected chi connectivity index (χ4v) is 3.94. The molecule has 1 heterocycles. The normalized spacial score (nSPS) is 24.8. The SMILES string of the molecule is O=C1NCCCCCCN(C(=O)COc2ccccc2)[C@H]2CCC[C@@H]12. The van der Waals surface area contributed by atoms with Crippen LogP contribution in [0.15, 0.2) is 30.3 Å². The number of amides is 2. The van der Waals surface area contributed by atoms with E-state index in [2.05, 4.69) is 5.32 Å². The Morgan fingerprint density at radius 2 is 1.88 bits per heavy atom. The second-order valence-corrected chi connectivity index (χ2v) is 7.00. The highest BCUT2D eigenvalue weighted by atomic mass is 16.5. The van der Waals surface area contributed by atoms with Gasteiger partial charge in [0.2, 0.25) is 5.91 Å². The number of nitrogens with zero attached hydrogens (tertiary/aromatic N) is 1. The number of nitrogens with one attached hydrogen (secondary N) is 1. The molecule has 2 fully saturated rings. The lowest BCUT2D eigenvalue weighted by Crippen LogP contribution is -2.48. The third-order valence-electron chi connectivity index (χ3n) is 5.27. The maximum Gasteiger partial charge on any atom is 0.260 e. The van der Waals surface area contributed by atoms with Crippen molar-refractivity contribution in [1.29, 1.82) is 0 Å². The van der Waals surface area contributed by atoms with Crippen molar-refractivity contribution in [2.75, 3.05) is 19.7 Å². The largest absolute Gasteiger partial charge is 0.484 e. The molecule has 1 aliphatic carbocycles. The first-order chi connectivity index (χ1) is 12.3. The van der Waals surface area contributed by atoms with E-state index in [-0.39, 0.29) is 30.4 Å². The molecule has 136 valence electrons. The summed E-state index contributed by atoms with van der Waals surface area (Å²) in [6, 6.07) is 9.43. The molecule has 1 aliphatic heterocycles. The van der Waals surface area contributed by atoms with E-state index in [0.717, 1.165) is 58.0 Å². The van der Waals surface area contributed by atoms with Crippen LogP contribution in [0, 0.1) is 5.92 Å². The van der Waals surface area contributed by atoms with Crippen LogP contribution in [0.1, 0.15) is 44.9 Å². The van der Waals surface area contributed by atoms with Gasteiger partial charge in [0.1, 0.15) is 5.75 Å². The Morgan fingerprint density at radius 1 is 1.08 bits per heavy atom. The molecular formula is C20H28N2O3. The minimum absolute atomic E-state index is 0.00667. The molecule has 0 aromatic heterocycles. The summed E-state index contributed by atoms with van der Waals surface area (Å²) in [4.78, 5) is 27.3. The number of ether oxygens (including phenoxy) is 1. The van der Waals surface area contributed by atoms with Crippen molar-refractivity contribution >= 4 is 11.8 Å². The van der Waals surface area contributed by atoms with Crippen LogP contribution in [0.5, 0.6) is 5.75 Å². The van der Waals surface area contributed by atoms with E-state index in [1.165, 1.54) is 0 Å². The molecule has 1 saturated heterocycles. The maximum atomic E-state index is 12.8. The first-order valence-corrected chi connectivity index (χ1v) is 9.51. The Morgan fingerprint density at radius 3 is 2.72 bits per heavy atom. The Bertz CT molecular complexity index is 576. The van der Waals surface area contributed by atoms with Crippen molar-refractivity contribution in [3.63, 3.8) is 0 Å². The smallest absolute Gasteiger partial charge is 0.260 e. The van der Waals surface area contributed by atoms with Gasteiger partial charge in [-0.3, -0.25) is 9.59 Å². The van der Waals surface area contributed by atoms with Gasteiger partial charge in [-0.2, -0.15) is 0 Å². The Kier molecular flexibility index (Phi) is 6.31. The van der Waals surface area contributed by atoms with Gasteiger partial charge in [0.25, 0.3) is 5.91 Å². The van der Waals surface area contributed by atoms with Crippen LogP contribution in [0.3, 0.4) is 0 Å². The summed E-state index contributed by atoms with van der Waals surface area (Å²) in [5.74, 6) is 0.743. The molecule has 1 N–H and O–H groups in total. The summed E-state index contributed by atoms with van der Waals surface area (Å²) in [6.07, 6.45) is 7.00. The average molecular weight is 344 g/mol. The van der Waals surface area contributed by atoms with Gasteiger partial charge in [-0.05, 0) is 37.8 Å². The molecule has 5 heteroatoms. The highest BCUT2D eigenvalue weighted by Crippen LogP contribution is 2.31. The number of rotatable bonds is 3. The second kappa shape index (κ2) is 8.88. The molecule has 3 rings (SSSR count). The van der Waals surface area contributed by atoms with Crippen LogP contribution in [-0.4, -0.2) is 42.5 Å². The van der Waals surface area contributed by atoms with Crippen molar-refractivity contribution in [2.45, 2.75) is 51.0 Å². The lowest BCUT2D eigenvalue weighted by atomic mass is 10.0. The topological polar surface area (TPSA) is 58.6 Å². The van der Waals surface area contributed by atoms with Gasteiger partial charge in [0, 0.05) is 19.1 Å². The number of hydrogen-bond acceptors (Lipinski definition) is 3. The van der Waals surface area contributed by atoms with Crippen LogP contribution < -0.4 is 10.1 Å². The number of fused-ring (bicyclic) bond motifs is 1. The Hall–Kier alpha value is -2.04. The van der Waals surface area contributed by atoms with Crippen LogP contribution in [0.25, 0.3) is 0 Å². The van der Waals surface area contributed by atoms with Crippen LogP contribution in [0.4, 0.5) is 0 Å². The molecule has 1 aromatic rings. The van der Waals surface area contributed by atoms with E-state index in [4.69, 9.17) is 4.74 Å². The van der Waals surface area contributed by atoms with Gasteiger partial charge in [0.15, 0.2) is 6.61 Å². The first-order valence-electron chi connectivity index (χ1n) is 9.51. The molecule has 1 saturated carbocycles. The van der Waals surface area contributed by atoms with Gasteiger partial charge >= 0.3 is 0 Å². The predicted octanol–water partition coefficient (Wildman–Crippen LogP) is 2.75. The minimum Gasteiger partial charge on any atom is -0.484 e. The summed E-state index contributed by atoms with van der Waals surface area (Å²) in [7, 11) is 0. The summed E-state index contributed by atoms with van der Waals surface area (Å²) in [6.45, 7) is 1.52. The molecule has 25 heavy (non-hydrogen) atoms. The molecular weight excluding hydrogens is 316 g/mol. The molecule has 0 spiro atoms. The average Bonchev–Trinajstić information content (AvgIpc) is 3.11. The van der Waals surface area contributed by atoms with Crippen LogP contribution >= 0.6 is 0 Å². The quantitative estimate of drug-likeness (QED) is 0.917. The van der Waals surface area contributed by atoms with Crippen LogP contribution in [-0.2, 0) is 9.59 Å². The standard InChI is InChI=1S/C20H28N2O3/c23-19(15-25-16-9-4-3-5-10-16)22-14-7-2-1-6-13-21-20(24)17-11-8-12-18(17)22/h3-5,9-10,17-18H,1-2,6-8,11-15H2,(H,21,24)/t17-,18+/m1/s1. The zero-order chi connectivity index (χ0) is 17.5. The lowest BCUT2D eigenvalue weighted by Gasteiger charge is -2.32. The Balaban J connectivity index is 1.68. The predicted molar refractivity (Wildman–Crippen MR) is 96.3 cm³/mol. The fraction of sp³-hybridized carbons (Fsp3) is 0.600. The van der Waals surface area contributed by atoms with E-state index in [1.807, 2.05) is 35.2 Å². The third-order valence-corrected chi connectivity index (χ3v) is 5.27. The first kappa shape index (κ1) is 17.8. The van der Waals surface area contributed by atoms with Gasteiger partial charge in [-0.1, -0.05) is 37.5 Å². The molecule has 1 aromatic carbocycles.